The summed E-state index contributed by atoms with van der Waals surface area (Å²) in [6.45, 7) is 11.6. The van der Waals surface area contributed by atoms with E-state index in [9.17, 15) is 0 Å². The minimum atomic E-state index is 0.661. The van der Waals surface area contributed by atoms with Gasteiger partial charge in [0, 0.05) is 6.04 Å². The lowest BCUT2D eigenvalue weighted by atomic mass is 10.0. The van der Waals surface area contributed by atoms with E-state index in [-0.39, 0.29) is 0 Å². The average molecular weight is 183 g/mol. The molecule has 0 saturated heterocycles. The lowest BCUT2D eigenvalue weighted by Crippen LogP contribution is -2.28. The molecule has 0 fully saturated rings. The van der Waals surface area contributed by atoms with Gasteiger partial charge < -0.3 is 5.32 Å². The fraction of sp³-hybridized carbons (Fsp3) is 0.833. The molecule has 0 aliphatic rings. The van der Waals surface area contributed by atoms with Crippen molar-refractivity contribution in [2.24, 2.45) is 0 Å². The lowest BCUT2D eigenvalue weighted by Gasteiger charge is -2.17. The van der Waals surface area contributed by atoms with Gasteiger partial charge in [-0.2, -0.15) is 0 Å². The first kappa shape index (κ1) is 12.7. The van der Waals surface area contributed by atoms with Gasteiger partial charge in [-0.05, 0) is 26.3 Å². The molecule has 1 N–H and O–H groups in total. The summed E-state index contributed by atoms with van der Waals surface area (Å²) in [6.07, 6.45) is 6.46. The summed E-state index contributed by atoms with van der Waals surface area (Å²) in [5, 5.41) is 3.51. The van der Waals surface area contributed by atoms with Crippen molar-refractivity contribution in [1.82, 2.24) is 5.32 Å². The summed E-state index contributed by atoms with van der Waals surface area (Å²) in [4.78, 5) is 0. The van der Waals surface area contributed by atoms with Crippen LogP contribution >= 0.6 is 0 Å². The number of nitrogens with one attached hydrogen (secondary N) is 1. The zero-order chi connectivity index (χ0) is 10.1. The minimum Gasteiger partial charge on any atom is -0.314 e. The Hall–Kier alpha value is -0.300. The Morgan fingerprint density at radius 3 is 2.46 bits per heavy atom. The second-order valence-electron chi connectivity index (χ2n) is 3.91. The van der Waals surface area contributed by atoms with Gasteiger partial charge in [-0.25, -0.2) is 0 Å². The zero-order valence-corrected chi connectivity index (χ0v) is 9.53. The van der Waals surface area contributed by atoms with Crippen molar-refractivity contribution in [3.63, 3.8) is 0 Å². The van der Waals surface area contributed by atoms with Gasteiger partial charge in [0.2, 0.25) is 0 Å². The Balaban J connectivity index is 3.59. The number of hydrogen-bond donors (Lipinski definition) is 1. The van der Waals surface area contributed by atoms with E-state index >= 15 is 0 Å². The highest BCUT2D eigenvalue weighted by Gasteiger charge is 2.05. The maximum Gasteiger partial charge on any atom is 0.0104 e. The van der Waals surface area contributed by atoms with Crippen LogP contribution in [0.1, 0.15) is 52.9 Å². The maximum absolute atomic E-state index is 3.97. The molecule has 0 rings (SSSR count). The second-order valence-corrected chi connectivity index (χ2v) is 3.91. The van der Waals surface area contributed by atoms with Crippen LogP contribution in [0, 0.1) is 0 Å². The Bertz CT molecular complexity index is 129. The summed E-state index contributed by atoms with van der Waals surface area (Å²) in [5.74, 6) is 0. The highest BCUT2D eigenvalue weighted by molar-refractivity contribution is 4.92. The molecule has 0 aromatic carbocycles. The van der Waals surface area contributed by atoms with Crippen LogP contribution in [-0.2, 0) is 0 Å². The van der Waals surface area contributed by atoms with E-state index in [1.807, 2.05) is 0 Å². The van der Waals surface area contributed by atoms with Crippen molar-refractivity contribution in [3.8, 4) is 0 Å². The fourth-order valence-electron chi connectivity index (χ4n) is 1.63. The molecule has 0 heterocycles. The lowest BCUT2D eigenvalue weighted by molar-refractivity contribution is 0.466. The van der Waals surface area contributed by atoms with Crippen molar-refractivity contribution in [1.29, 1.82) is 0 Å². The molecule has 0 aliphatic carbocycles. The van der Waals surface area contributed by atoms with E-state index in [2.05, 4.69) is 32.7 Å². The third-order valence-electron chi connectivity index (χ3n) is 2.24. The molecule has 13 heavy (non-hydrogen) atoms. The first-order chi connectivity index (χ1) is 6.20. The molecule has 0 saturated carbocycles. The largest absolute Gasteiger partial charge is 0.314 e. The van der Waals surface area contributed by atoms with Crippen LogP contribution < -0.4 is 5.32 Å². The van der Waals surface area contributed by atoms with Crippen LogP contribution in [0.15, 0.2) is 12.2 Å². The van der Waals surface area contributed by atoms with Crippen LogP contribution in [-0.4, -0.2) is 12.6 Å². The monoisotopic (exact) mass is 183 g/mol. The van der Waals surface area contributed by atoms with Crippen LogP contribution in [0.2, 0.25) is 0 Å². The van der Waals surface area contributed by atoms with Crippen molar-refractivity contribution in [2.75, 3.05) is 6.54 Å². The Morgan fingerprint density at radius 2 is 2.00 bits per heavy atom. The standard InChI is InChI=1S/C12H25N/c1-5-7-8-9-12(13-6-2)10-11(3)4/h12-13H,3,5-10H2,1-2,4H3. The van der Waals surface area contributed by atoms with Gasteiger partial charge in [0.25, 0.3) is 0 Å². The highest BCUT2D eigenvalue weighted by Crippen LogP contribution is 2.10. The summed E-state index contributed by atoms with van der Waals surface area (Å²) in [5.41, 5.74) is 1.29. The molecule has 0 aromatic rings. The molecule has 0 bridgehead atoms. The van der Waals surface area contributed by atoms with E-state index in [1.54, 1.807) is 0 Å². The first-order valence-electron chi connectivity index (χ1n) is 5.58. The number of rotatable bonds is 8. The zero-order valence-electron chi connectivity index (χ0n) is 9.53. The molecule has 78 valence electrons. The van der Waals surface area contributed by atoms with Gasteiger partial charge in [-0.3, -0.25) is 0 Å². The summed E-state index contributed by atoms with van der Waals surface area (Å²) in [7, 11) is 0. The number of hydrogen-bond acceptors (Lipinski definition) is 1. The van der Waals surface area contributed by atoms with Crippen molar-refractivity contribution in [2.45, 2.75) is 58.9 Å². The molecule has 0 amide bonds. The van der Waals surface area contributed by atoms with Crippen LogP contribution in [0.3, 0.4) is 0 Å². The SMILES string of the molecule is C=C(C)CC(CCCCC)NCC. The predicted octanol–water partition coefficient (Wildman–Crippen LogP) is 3.51. The highest BCUT2D eigenvalue weighted by atomic mass is 14.9. The predicted molar refractivity (Wildman–Crippen MR) is 61.0 cm³/mol. The molecular weight excluding hydrogens is 158 g/mol. The number of unbranched alkanes of at least 4 members (excludes halogenated alkanes) is 2. The second kappa shape index (κ2) is 8.31. The topological polar surface area (TPSA) is 12.0 Å². The summed E-state index contributed by atoms with van der Waals surface area (Å²) < 4.78 is 0. The third kappa shape index (κ3) is 8.04. The van der Waals surface area contributed by atoms with Gasteiger partial charge in [0.05, 0.1) is 0 Å². The van der Waals surface area contributed by atoms with Gasteiger partial charge >= 0.3 is 0 Å². The summed E-state index contributed by atoms with van der Waals surface area (Å²) >= 11 is 0. The average Bonchev–Trinajstić information content (AvgIpc) is 2.04. The normalized spacial score (nSPS) is 12.8. The smallest absolute Gasteiger partial charge is 0.0104 e. The molecule has 0 radical (unpaired) electrons. The minimum absolute atomic E-state index is 0.661. The van der Waals surface area contributed by atoms with Gasteiger partial charge in [0.1, 0.15) is 0 Å². The summed E-state index contributed by atoms with van der Waals surface area (Å²) in [6, 6.07) is 0.661. The Labute approximate surface area is 83.6 Å². The first-order valence-corrected chi connectivity index (χ1v) is 5.58. The Kier molecular flexibility index (Phi) is 8.11. The Morgan fingerprint density at radius 1 is 1.31 bits per heavy atom. The van der Waals surface area contributed by atoms with Crippen LogP contribution in [0.25, 0.3) is 0 Å². The van der Waals surface area contributed by atoms with Crippen molar-refractivity contribution >= 4 is 0 Å². The fourth-order valence-corrected chi connectivity index (χ4v) is 1.63. The van der Waals surface area contributed by atoms with E-state index < -0.39 is 0 Å². The van der Waals surface area contributed by atoms with Gasteiger partial charge in [-0.1, -0.05) is 38.7 Å². The van der Waals surface area contributed by atoms with Crippen molar-refractivity contribution in [3.05, 3.63) is 12.2 Å². The van der Waals surface area contributed by atoms with E-state index in [1.165, 1.54) is 31.3 Å². The van der Waals surface area contributed by atoms with E-state index in [0.717, 1.165) is 13.0 Å². The molecule has 0 spiro atoms. The molecule has 1 heteroatoms. The maximum atomic E-state index is 3.97. The molecule has 0 aromatic heterocycles. The molecular formula is C12H25N. The van der Waals surface area contributed by atoms with Gasteiger partial charge in [-0.15, -0.1) is 6.58 Å². The van der Waals surface area contributed by atoms with E-state index in [0.29, 0.717) is 6.04 Å². The molecule has 1 unspecified atom stereocenters. The van der Waals surface area contributed by atoms with Gasteiger partial charge in [0.15, 0.2) is 0 Å². The van der Waals surface area contributed by atoms with Crippen LogP contribution in [0.5, 0.6) is 0 Å². The molecule has 1 nitrogen and oxygen atoms in total. The molecule has 0 aliphatic heterocycles. The quantitative estimate of drug-likeness (QED) is 0.448. The molecule has 1 atom stereocenters. The van der Waals surface area contributed by atoms with E-state index in [4.69, 9.17) is 0 Å². The van der Waals surface area contributed by atoms with Crippen molar-refractivity contribution < 1.29 is 0 Å². The van der Waals surface area contributed by atoms with Crippen LogP contribution in [0.4, 0.5) is 0 Å². The third-order valence-corrected chi connectivity index (χ3v) is 2.24.